The monoisotopic (exact) mass is 383 g/mol. The number of nitrogens with two attached hydrogens (primary N) is 1. The summed E-state index contributed by atoms with van der Waals surface area (Å²) in [5.41, 5.74) is 10.1. The molecule has 0 aliphatic rings. The first-order valence-corrected chi connectivity index (χ1v) is 8.70. The highest BCUT2D eigenvalue weighted by atomic mass is 35.5. The zero-order valence-corrected chi connectivity index (χ0v) is 15.4. The van der Waals surface area contributed by atoms with Crippen molar-refractivity contribution in [2.75, 3.05) is 12.8 Å². The molecule has 0 bridgehead atoms. The summed E-state index contributed by atoms with van der Waals surface area (Å²) < 4.78 is 7.30. The quantitative estimate of drug-likeness (QED) is 0.469. The normalized spacial score (nSPS) is 11.0. The summed E-state index contributed by atoms with van der Waals surface area (Å²) in [6.07, 6.45) is 0. The summed E-state index contributed by atoms with van der Waals surface area (Å²) in [6, 6.07) is 18.9. The molecule has 4 aromatic rings. The minimum atomic E-state index is 0.532. The van der Waals surface area contributed by atoms with Crippen LogP contribution in [0.1, 0.15) is 0 Å². The lowest BCUT2D eigenvalue weighted by molar-refractivity contribution is 0.415. The fourth-order valence-electron chi connectivity index (χ4n) is 2.94. The van der Waals surface area contributed by atoms with Gasteiger partial charge in [-0.2, -0.15) is 0 Å². The van der Waals surface area contributed by atoms with Crippen molar-refractivity contribution >= 4 is 39.9 Å². The number of anilines is 1. The van der Waals surface area contributed by atoms with Crippen LogP contribution in [0.4, 0.5) is 5.69 Å². The molecule has 4 nitrogen and oxygen atoms in total. The van der Waals surface area contributed by atoms with Gasteiger partial charge in [-0.3, -0.25) is 4.57 Å². The molecule has 0 unspecified atom stereocenters. The van der Waals surface area contributed by atoms with Crippen LogP contribution in [-0.4, -0.2) is 16.7 Å². The Hall–Kier alpha value is -2.69. The summed E-state index contributed by atoms with van der Waals surface area (Å²) in [5.74, 6) is 1.40. The molecule has 0 saturated carbocycles. The number of halogens is 2. The molecule has 4 rings (SSSR count). The molecule has 0 amide bonds. The molecular formula is C20H15Cl2N3O. The van der Waals surface area contributed by atoms with Crippen molar-refractivity contribution in [2.45, 2.75) is 0 Å². The predicted octanol–water partition coefficient (Wildman–Crippen LogP) is 5.59. The molecule has 2 N–H and O–H groups in total. The number of nitrogens with zero attached hydrogens (tertiary/aromatic N) is 2. The molecule has 0 spiro atoms. The molecule has 0 aliphatic heterocycles. The zero-order chi connectivity index (χ0) is 18.3. The second kappa shape index (κ2) is 6.56. The Bertz CT molecular complexity index is 1100. The lowest BCUT2D eigenvalue weighted by Gasteiger charge is -2.12. The Balaban J connectivity index is 2.01. The summed E-state index contributed by atoms with van der Waals surface area (Å²) in [7, 11) is 1.59. The maximum absolute atomic E-state index is 6.35. The predicted molar refractivity (Wildman–Crippen MR) is 107 cm³/mol. The summed E-state index contributed by atoms with van der Waals surface area (Å²) in [4.78, 5) is 4.79. The Kier molecular flexibility index (Phi) is 4.23. The minimum absolute atomic E-state index is 0.532. The number of benzene rings is 3. The third kappa shape index (κ3) is 2.87. The van der Waals surface area contributed by atoms with E-state index in [0.29, 0.717) is 21.5 Å². The van der Waals surface area contributed by atoms with Gasteiger partial charge in [-0.05, 0) is 60.7 Å². The van der Waals surface area contributed by atoms with Gasteiger partial charge in [-0.1, -0.05) is 23.2 Å². The number of ether oxygens (including phenoxy) is 1. The summed E-state index contributed by atoms with van der Waals surface area (Å²) in [6.45, 7) is 0. The number of imidazole rings is 1. The highest BCUT2D eigenvalue weighted by molar-refractivity contribution is 6.32. The van der Waals surface area contributed by atoms with E-state index in [2.05, 4.69) is 0 Å². The molecule has 1 aromatic heterocycles. The molecule has 0 aliphatic carbocycles. The van der Waals surface area contributed by atoms with E-state index >= 15 is 0 Å². The second-order valence-electron chi connectivity index (χ2n) is 5.84. The minimum Gasteiger partial charge on any atom is -0.495 e. The van der Waals surface area contributed by atoms with Crippen molar-refractivity contribution in [3.05, 3.63) is 70.7 Å². The van der Waals surface area contributed by atoms with Gasteiger partial charge in [-0.15, -0.1) is 0 Å². The smallest absolute Gasteiger partial charge is 0.145 e. The van der Waals surface area contributed by atoms with Gasteiger partial charge in [0.15, 0.2) is 0 Å². The van der Waals surface area contributed by atoms with Crippen LogP contribution in [0.15, 0.2) is 60.7 Å². The van der Waals surface area contributed by atoms with Gasteiger partial charge in [0.25, 0.3) is 0 Å². The maximum Gasteiger partial charge on any atom is 0.145 e. The van der Waals surface area contributed by atoms with Crippen LogP contribution in [0.3, 0.4) is 0 Å². The van der Waals surface area contributed by atoms with E-state index in [-0.39, 0.29) is 0 Å². The first kappa shape index (κ1) is 16.8. The molecule has 0 radical (unpaired) electrons. The average Bonchev–Trinajstić information content (AvgIpc) is 3.00. The third-order valence-corrected chi connectivity index (χ3v) is 4.71. The van der Waals surface area contributed by atoms with E-state index in [0.717, 1.165) is 28.1 Å². The molecule has 26 heavy (non-hydrogen) atoms. The van der Waals surface area contributed by atoms with Crippen molar-refractivity contribution in [3.63, 3.8) is 0 Å². The van der Waals surface area contributed by atoms with Crippen LogP contribution in [-0.2, 0) is 0 Å². The molecule has 6 heteroatoms. The number of hydrogen-bond donors (Lipinski definition) is 1. The highest BCUT2D eigenvalue weighted by Crippen LogP contribution is 2.33. The fraction of sp³-hybridized carbons (Fsp3) is 0.0500. The van der Waals surface area contributed by atoms with E-state index in [9.17, 15) is 0 Å². The molecule has 0 saturated heterocycles. The average molecular weight is 384 g/mol. The molecule has 0 atom stereocenters. The Morgan fingerprint density at radius 3 is 2.42 bits per heavy atom. The van der Waals surface area contributed by atoms with Gasteiger partial charge in [0.05, 0.1) is 23.2 Å². The van der Waals surface area contributed by atoms with E-state index in [1.165, 1.54) is 0 Å². The summed E-state index contributed by atoms with van der Waals surface area (Å²) >= 11 is 12.5. The Morgan fingerprint density at radius 2 is 1.73 bits per heavy atom. The highest BCUT2D eigenvalue weighted by Gasteiger charge is 2.16. The number of nitrogen functional groups attached to an aromatic ring is 1. The first-order chi connectivity index (χ1) is 12.6. The van der Waals surface area contributed by atoms with E-state index < -0.39 is 0 Å². The zero-order valence-electron chi connectivity index (χ0n) is 13.9. The fourth-order valence-corrected chi connectivity index (χ4v) is 3.35. The van der Waals surface area contributed by atoms with Crippen molar-refractivity contribution < 1.29 is 4.74 Å². The van der Waals surface area contributed by atoms with Crippen molar-refractivity contribution in [2.24, 2.45) is 0 Å². The van der Waals surface area contributed by atoms with E-state index in [1.54, 1.807) is 7.11 Å². The number of rotatable bonds is 3. The van der Waals surface area contributed by atoms with Gasteiger partial charge < -0.3 is 10.5 Å². The van der Waals surface area contributed by atoms with Crippen LogP contribution in [0, 0.1) is 0 Å². The van der Waals surface area contributed by atoms with E-state index in [1.807, 2.05) is 65.2 Å². The molecule has 1 heterocycles. The van der Waals surface area contributed by atoms with Crippen LogP contribution in [0.5, 0.6) is 5.75 Å². The van der Waals surface area contributed by atoms with E-state index in [4.69, 9.17) is 38.7 Å². The van der Waals surface area contributed by atoms with Gasteiger partial charge in [0, 0.05) is 22.0 Å². The van der Waals surface area contributed by atoms with Gasteiger partial charge in [0.2, 0.25) is 0 Å². The van der Waals surface area contributed by atoms with Crippen molar-refractivity contribution in [1.29, 1.82) is 0 Å². The first-order valence-electron chi connectivity index (χ1n) is 7.94. The van der Waals surface area contributed by atoms with Gasteiger partial charge >= 0.3 is 0 Å². The second-order valence-corrected chi connectivity index (χ2v) is 6.69. The Morgan fingerprint density at radius 1 is 0.962 bits per heavy atom. The van der Waals surface area contributed by atoms with Crippen molar-refractivity contribution in [1.82, 2.24) is 9.55 Å². The van der Waals surface area contributed by atoms with Gasteiger partial charge in [-0.25, -0.2) is 4.98 Å². The van der Waals surface area contributed by atoms with Crippen LogP contribution in [0.25, 0.3) is 28.1 Å². The number of methoxy groups -OCH3 is 1. The molecule has 0 fully saturated rings. The standard InChI is InChI=1S/C20H15Cl2N3O/c1-26-19-9-7-15(11-16(19)22)25-18-8-4-13(21)10-17(18)24-20(25)12-2-5-14(23)6-3-12/h2-11H,23H2,1H3. The Labute approximate surface area is 160 Å². The number of aromatic nitrogens is 2. The van der Waals surface area contributed by atoms with Crippen molar-refractivity contribution in [3.8, 4) is 22.8 Å². The number of fused-ring (bicyclic) bond motifs is 1. The summed E-state index contributed by atoms with van der Waals surface area (Å²) in [5, 5.41) is 1.17. The van der Waals surface area contributed by atoms with Crippen LogP contribution in [0.2, 0.25) is 10.0 Å². The molecule has 3 aromatic carbocycles. The lowest BCUT2D eigenvalue weighted by Crippen LogP contribution is -1.98. The topological polar surface area (TPSA) is 53.1 Å². The van der Waals surface area contributed by atoms with Crippen LogP contribution >= 0.6 is 23.2 Å². The maximum atomic E-state index is 6.35. The molecule has 130 valence electrons. The SMILES string of the molecule is COc1ccc(-n2c(-c3ccc(N)cc3)nc3cc(Cl)ccc32)cc1Cl. The lowest BCUT2D eigenvalue weighted by atomic mass is 10.2. The van der Waals surface area contributed by atoms with Crippen LogP contribution < -0.4 is 10.5 Å². The third-order valence-electron chi connectivity index (χ3n) is 4.18. The van der Waals surface area contributed by atoms with Gasteiger partial charge in [0.1, 0.15) is 11.6 Å². The number of hydrogen-bond acceptors (Lipinski definition) is 3. The molecular weight excluding hydrogens is 369 g/mol. The largest absolute Gasteiger partial charge is 0.495 e.